The van der Waals surface area contributed by atoms with Crippen molar-refractivity contribution in [2.75, 3.05) is 19.7 Å². The number of amides is 1. The van der Waals surface area contributed by atoms with Gasteiger partial charge < -0.3 is 19.7 Å². The predicted octanol–water partition coefficient (Wildman–Crippen LogP) is -0.0509. The normalized spacial score (nSPS) is 22.2. The first-order chi connectivity index (χ1) is 9.42. The Morgan fingerprint density at radius 3 is 2.65 bits per heavy atom. The molecule has 0 aromatic carbocycles. The van der Waals surface area contributed by atoms with E-state index in [1.807, 2.05) is 6.92 Å². The molecule has 1 amide bonds. The minimum atomic E-state index is -0.387. The highest BCUT2D eigenvalue weighted by Crippen LogP contribution is 2.22. The van der Waals surface area contributed by atoms with Crippen molar-refractivity contribution >= 4 is 5.91 Å². The number of aromatic hydroxyl groups is 1. The van der Waals surface area contributed by atoms with Crippen LogP contribution in [0.25, 0.3) is 0 Å². The second-order valence-corrected chi connectivity index (χ2v) is 5.50. The van der Waals surface area contributed by atoms with Gasteiger partial charge in [-0.15, -0.1) is 0 Å². The molecule has 1 aliphatic heterocycles. The third kappa shape index (κ3) is 2.85. The Balaban J connectivity index is 2.12. The van der Waals surface area contributed by atoms with Gasteiger partial charge in [0.15, 0.2) is 0 Å². The lowest BCUT2D eigenvalue weighted by atomic mass is 10.00. The number of likely N-dealkylation sites (tertiary alicyclic amines) is 1. The first-order valence-electron chi connectivity index (χ1n) is 6.71. The highest BCUT2D eigenvalue weighted by atomic mass is 16.3. The van der Waals surface area contributed by atoms with E-state index in [0.29, 0.717) is 18.8 Å². The summed E-state index contributed by atoms with van der Waals surface area (Å²) in [6.07, 6.45) is 0. The van der Waals surface area contributed by atoms with Crippen LogP contribution in [0.15, 0.2) is 16.9 Å². The second kappa shape index (κ2) is 5.66. The molecular weight excluding hydrogens is 260 g/mol. The number of hydrogen-bond acceptors (Lipinski definition) is 4. The minimum absolute atomic E-state index is 0.0319. The van der Waals surface area contributed by atoms with Crippen LogP contribution >= 0.6 is 0 Å². The summed E-state index contributed by atoms with van der Waals surface area (Å²) < 4.78 is 1.35. The topological polar surface area (TPSA) is 82.8 Å². The molecule has 1 aromatic rings. The van der Waals surface area contributed by atoms with Gasteiger partial charge in [-0.1, -0.05) is 6.92 Å². The van der Waals surface area contributed by atoms with Crippen molar-refractivity contribution in [2.24, 2.45) is 11.8 Å². The zero-order valence-electron chi connectivity index (χ0n) is 11.7. The maximum Gasteiger partial charge on any atom is 0.254 e. The highest BCUT2D eigenvalue weighted by molar-refractivity contribution is 5.76. The number of aliphatic hydroxyl groups is 1. The summed E-state index contributed by atoms with van der Waals surface area (Å²) in [7, 11) is 0. The SMILES string of the molecule is Cc1cc(O)cc(=O)n1CC(=O)N1C[C@@H](CO)[C@H](C)C1. The number of carbonyl (C=O) groups excluding carboxylic acids is 1. The summed E-state index contributed by atoms with van der Waals surface area (Å²) >= 11 is 0. The Bertz CT molecular complexity index is 567. The number of nitrogens with zero attached hydrogens (tertiary/aromatic N) is 2. The van der Waals surface area contributed by atoms with Gasteiger partial charge in [0.2, 0.25) is 5.91 Å². The van der Waals surface area contributed by atoms with Crippen LogP contribution in [0.5, 0.6) is 5.75 Å². The lowest BCUT2D eigenvalue weighted by molar-refractivity contribution is -0.131. The van der Waals surface area contributed by atoms with Crippen LogP contribution in [0.1, 0.15) is 12.6 Å². The Kier molecular flexibility index (Phi) is 4.13. The molecule has 0 aliphatic carbocycles. The number of carbonyl (C=O) groups is 1. The Hall–Kier alpha value is -1.82. The average molecular weight is 280 g/mol. The standard InChI is InChI=1S/C14H20N2O4/c1-9-5-15(6-11(9)8-17)14(20)7-16-10(2)3-12(18)4-13(16)19/h3-4,9,11,17-18H,5-8H2,1-2H3/t9-,11+/m1/s1. The van der Waals surface area contributed by atoms with Crippen LogP contribution in [0, 0.1) is 18.8 Å². The van der Waals surface area contributed by atoms with Gasteiger partial charge in [-0.3, -0.25) is 9.59 Å². The molecule has 6 heteroatoms. The maximum absolute atomic E-state index is 12.2. The molecule has 1 aliphatic rings. The van der Waals surface area contributed by atoms with E-state index in [2.05, 4.69) is 0 Å². The quantitative estimate of drug-likeness (QED) is 0.813. The van der Waals surface area contributed by atoms with Gasteiger partial charge in [-0.05, 0) is 18.9 Å². The number of pyridine rings is 1. The number of aromatic nitrogens is 1. The van der Waals surface area contributed by atoms with Crippen LogP contribution in [0.2, 0.25) is 0 Å². The average Bonchev–Trinajstić information content (AvgIpc) is 2.75. The molecule has 2 N–H and O–H groups in total. The van der Waals surface area contributed by atoms with Gasteiger partial charge >= 0.3 is 0 Å². The smallest absolute Gasteiger partial charge is 0.254 e. The fraction of sp³-hybridized carbons (Fsp3) is 0.571. The molecule has 0 unspecified atom stereocenters. The molecular formula is C14H20N2O4. The number of rotatable bonds is 3. The van der Waals surface area contributed by atoms with Crippen molar-refractivity contribution in [3.8, 4) is 5.75 Å². The van der Waals surface area contributed by atoms with Crippen molar-refractivity contribution in [1.82, 2.24) is 9.47 Å². The molecule has 2 heterocycles. The molecule has 1 aromatic heterocycles. The molecule has 2 rings (SSSR count). The molecule has 110 valence electrons. The van der Waals surface area contributed by atoms with E-state index >= 15 is 0 Å². The molecule has 20 heavy (non-hydrogen) atoms. The van der Waals surface area contributed by atoms with E-state index in [0.717, 1.165) is 6.07 Å². The monoisotopic (exact) mass is 280 g/mol. The zero-order valence-corrected chi connectivity index (χ0v) is 11.7. The predicted molar refractivity (Wildman–Crippen MR) is 73.4 cm³/mol. The number of aliphatic hydroxyl groups excluding tert-OH is 1. The molecule has 1 saturated heterocycles. The van der Waals surface area contributed by atoms with Crippen molar-refractivity contribution in [1.29, 1.82) is 0 Å². The van der Waals surface area contributed by atoms with Gasteiger partial charge in [0, 0.05) is 37.4 Å². The maximum atomic E-state index is 12.2. The lowest BCUT2D eigenvalue weighted by Crippen LogP contribution is -2.36. The summed E-state index contributed by atoms with van der Waals surface area (Å²) in [5.74, 6) is 0.146. The van der Waals surface area contributed by atoms with E-state index in [1.165, 1.54) is 10.6 Å². The summed E-state index contributed by atoms with van der Waals surface area (Å²) in [6.45, 7) is 4.86. The van der Waals surface area contributed by atoms with Crippen LogP contribution < -0.4 is 5.56 Å². The van der Waals surface area contributed by atoms with Crippen LogP contribution in [0.3, 0.4) is 0 Å². The van der Waals surface area contributed by atoms with Gasteiger partial charge in [0.1, 0.15) is 12.3 Å². The number of aryl methyl sites for hydroxylation is 1. The first-order valence-corrected chi connectivity index (χ1v) is 6.71. The molecule has 0 saturated carbocycles. The Morgan fingerprint density at radius 1 is 1.40 bits per heavy atom. The van der Waals surface area contributed by atoms with E-state index < -0.39 is 0 Å². The second-order valence-electron chi connectivity index (χ2n) is 5.50. The van der Waals surface area contributed by atoms with E-state index in [-0.39, 0.29) is 42.2 Å². The van der Waals surface area contributed by atoms with E-state index in [9.17, 15) is 19.8 Å². The molecule has 0 spiro atoms. The van der Waals surface area contributed by atoms with Crippen molar-refractivity contribution in [3.05, 3.63) is 28.2 Å². The van der Waals surface area contributed by atoms with Gasteiger partial charge in [-0.2, -0.15) is 0 Å². The lowest BCUT2D eigenvalue weighted by Gasteiger charge is -2.18. The molecule has 0 bridgehead atoms. The van der Waals surface area contributed by atoms with Crippen molar-refractivity contribution in [2.45, 2.75) is 20.4 Å². The van der Waals surface area contributed by atoms with Crippen LogP contribution in [-0.4, -0.2) is 45.3 Å². The van der Waals surface area contributed by atoms with Gasteiger partial charge in [0.25, 0.3) is 5.56 Å². The Labute approximate surface area is 117 Å². The fourth-order valence-electron chi connectivity index (χ4n) is 2.63. The fourth-order valence-corrected chi connectivity index (χ4v) is 2.63. The molecule has 1 fully saturated rings. The van der Waals surface area contributed by atoms with Crippen LogP contribution in [0.4, 0.5) is 0 Å². The Morgan fingerprint density at radius 2 is 2.10 bits per heavy atom. The molecule has 0 radical (unpaired) electrons. The molecule has 6 nitrogen and oxygen atoms in total. The largest absolute Gasteiger partial charge is 0.508 e. The third-order valence-electron chi connectivity index (χ3n) is 3.97. The minimum Gasteiger partial charge on any atom is -0.508 e. The summed E-state index contributed by atoms with van der Waals surface area (Å²) in [5.41, 5.74) is 0.163. The van der Waals surface area contributed by atoms with Crippen LogP contribution in [-0.2, 0) is 11.3 Å². The number of hydrogen-bond donors (Lipinski definition) is 2. The summed E-state index contributed by atoms with van der Waals surface area (Å²) in [5, 5.41) is 18.6. The van der Waals surface area contributed by atoms with E-state index in [1.54, 1.807) is 11.8 Å². The van der Waals surface area contributed by atoms with Crippen molar-refractivity contribution in [3.63, 3.8) is 0 Å². The molecule has 2 atom stereocenters. The summed E-state index contributed by atoms with van der Waals surface area (Å²) in [4.78, 5) is 25.7. The van der Waals surface area contributed by atoms with Gasteiger partial charge in [-0.25, -0.2) is 0 Å². The highest BCUT2D eigenvalue weighted by Gasteiger charge is 2.31. The van der Waals surface area contributed by atoms with Gasteiger partial charge in [0.05, 0.1) is 0 Å². The first kappa shape index (κ1) is 14.6. The third-order valence-corrected chi connectivity index (χ3v) is 3.97. The van der Waals surface area contributed by atoms with Crippen molar-refractivity contribution < 1.29 is 15.0 Å². The summed E-state index contributed by atoms with van der Waals surface area (Å²) in [6, 6.07) is 2.56. The zero-order chi connectivity index (χ0) is 14.9. The van der Waals surface area contributed by atoms with E-state index in [4.69, 9.17) is 0 Å².